The second-order valence-corrected chi connectivity index (χ2v) is 3.72. The van der Waals surface area contributed by atoms with E-state index in [2.05, 4.69) is 17.7 Å². The number of hydrogen-bond acceptors (Lipinski definition) is 0. The molecule has 0 nitrogen and oxygen atoms in total. The van der Waals surface area contributed by atoms with E-state index in [1.165, 1.54) is 14.1 Å². The molecule has 0 spiro atoms. The van der Waals surface area contributed by atoms with Gasteiger partial charge < -0.3 is 0 Å². The Morgan fingerprint density at radius 2 is 2.67 bits per heavy atom. The van der Waals surface area contributed by atoms with Crippen LogP contribution >= 0.6 is 16.8 Å². The summed E-state index contributed by atoms with van der Waals surface area (Å²) in [6, 6.07) is 0. The SMILES string of the molecule is C1=CPCP=C1. The first-order valence-electron chi connectivity index (χ1n) is 1.88. The maximum Gasteiger partial charge on any atom is 0.0105 e. The number of rotatable bonds is 0. The standard InChI is InChI=1S/C4H6P2/c1-2-5-4-6-3-1/h1-3,5H,4H2. The van der Waals surface area contributed by atoms with Crippen molar-refractivity contribution in [3.63, 3.8) is 0 Å². The van der Waals surface area contributed by atoms with Crippen LogP contribution in [0.25, 0.3) is 0 Å². The van der Waals surface area contributed by atoms with E-state index < -0.39 is 0 Å². The highest BCUT2D eigenvalue weighted by Gasteiger charge is 1.77. The fourth-order valence-corrected chi connectivity index (χ4v) is 2.20. The second-order valence-electron chi connectivity index (χ2n) is 1.05. The van der Waals surface area contributed by atoms with Crippen LogP contribution < -0.4 is 0 Å². The lowest BCUT2D eigenvalue weighted by Gasteiger charge is -1.88. The molecule has 1 rings (SSSR count). The highest BCUT2D eigenvalue weighted by Crippen LogP contribution is 2.21. The van der Waals surface area contributed by atoms with Gasteiger partial charge in [0.25, 0.3) is 0 Å². The zero-order valence-corrected chi connectivity index (χ0v) is 5.28. The molecule has 32 valence electrons. The molecule has 0 bridgehead atoms. The van der Waals surface area contributed by atoms with Crippen LogP contribution in [0, 0.1) is 0 Å². The van der Waals surface area contributed by atoms with Crippen molar-refractivity contribution in [2.45, 2.75) is 0 Å². The summed E-state index contributed by atoms with van der Waals surface area (Å²) in [6.07, 6.45) is 2.14. The van der Waals surface area contributed by atoms with Crippen LogP contribution in [0.2, 0.25) is 0 Å². The van der Waals surface area contributed by atoms with E-state index in [0.717, 1.165) is 8.58 Å². The normalized spacial score (nSPS) is 25.3. The smallest absolute Gasteiger partial charge is 0.0105 e. The Balaban J connectivity index is 2.46. The summed E-state index contributed by atoms with van der Waals surface area (Å²) in [5, 5.41) is 0. The van der Waals surface area contributed by atoms with Crippen LogP contribution in [0.3, 0.4) is 0 Å². The molecule has 1 unspecified atom stereocenters. The van der Waals surface area contributed by atoms with Crippen molar-refractivity contribution < 1.29 is 0 Å². The molecule has 1 heterocycles. The van der Waals surface area contributed by atoms with E-state index in [-0.39, 0.29) is 0 Å². The van der Waals surface area contributed by atoms with Crippen molar-refractivity contribution in [3.05, 3.63) is 11.9 Å². The molecule has 0 amide bonds. The first kappa shape index (κ1) is 4.50. The van der Waals surface area contributed by atoms with Crippen LogP contribution in [-0.2, 0) is 0 Å². The monoisotopic (exact) mass is 116 g/mol. The summed E-state index contributed by atoms with van der Waals surface area (Å²) >= 11 is 0. The molecule has 1 atom stereocenters. The van der Waals surface area contributed by atoms with Gasteiger partial charge in [-0.25, -0.2) is 0 Å². The minimum Gasteiger partial charge on any atom is -0.0998 e. The molecule has 2 heteroatoms. The average Bonchev–Trinajstić information content (AvgIpc) is 1.72. The van der Waals surface area contributed by atoms with Gasteiger partial charge in [-0.2, -0.15) is 0 Å². The quantitative estimate of drug-likeness (QED) is 0.424. The molecule has 0 aromatic heterocycles. The average molecular weight is 116 g/mol. The Kier molecular flexibility index (Phi) is 1.88. The summed E-state index contributed by atoms with van der Waals surface area (Å²) in [5.74, 6) is 5.78. The summed E-state index contributed by atoms with van der Waals surface area (Å²) in [6.45, 7) is 0. The predicted octanol–water partition coefficient (Wildman–Crippen LogP) is 1.90. The lowest BCUT2D eigenvalue weighted by Crippen LogP contribution is -1.61. The lowest BCUT2D eigenvalue weighted by molar-refractivity contribution is 2.20. The van der Waals surface area contributed by atoms with E-state index in [4.69, 9.17) is 0 Å². The molecule has 0 N–H and O–H groups in total. The maximum atomic E-state index is 2.23. The molecule has 0 saturated heterocycles. The summed E-state index contributed by atoms with van der Waals surface area (Å²) < 4.78 is 0. The zero-order valence-electron chi connectivity index (χ0n) is 3.39. The zero-order chi connectivity index (χ0) is 4.24. The summed E-state index contributed by atoms with van der Waals surface area (Å²) in [5.41, 5.74) is 0. The molecular weight excluding hydrogens is 110 g/mol. The third-order valence-corrected chi connectivity index (χ3v) is 2.86. The van der Waals surface area contributed by atoms with Crippen LogP contribution in [0.15, 0.2) is 11.9 Å². The number of hydrogen-bond donors (Lipinski definition) is 0. The fraction of sp³-hybridized carbons (Fsp3) is 0.250. The fourth-order valence-electron chi connectivity index (χ4n) is 0.330. The third kappa shape index (κ3) is 1.20. The molecule has 6 heavy (non-hydrogen) atoms. The third-order valence-electron chi connectivity index (χ3n) is 0.588. The molecule has 0 radical (unpaired) electrons. The lowest BCUT2D eigenvalue weighted by atomic mass is 10.8. The predicted molar refractivity (Wildman–Crippen MR) is 35.3 cm³/mol. The van der Waals surface area contributed by atoms with E-state index in [1.54, 1.807) is 0 Å². The van der Waals surface area contributed by atoms with Gasteiger partial charge >= 0.3 is 0 Å². The van der Waals surface area contributed by atoms with Crippen molar-refractivity contribution in [2.24, 2.45) is 0 Å². The Labute approximate surface area is 41.2 Å². The highest BCUT2D eigenvalue weighted by molar-refractivity contribution is 7.58. The van der Waals surface area contributed by atoms with Gasteiger partial charge in [-0.15, -0.1) is 0 Å². The van der Waals surface area contributed by atoms with Gasteiger partial charge in [-0.05, 0) is 5.80 Å². The van der Waals surface area contributed by atoms with Crippen LogP contribution in [0.4, 0.5) is 0 Å². The van der Waals surface area contributed by atoms with Crippen molar-refractivity contribution >= 4 is 22.6 Å². The molecule has 0 saturated carbocycles. The van der Waals surface area contributed by atoms with Gasteiger partial charge in [0, 0.05) is 5.90 Å². The van der Waals surface area contributed by atoms with Crippen molar-refractivity contribution in [3.8, 4) is 0 Å². The Morgan fingerprint density at radius 1 is 1.67 bits per heavy atom. The van der Waals surface area contributed by atoms with Crippen LogP contribution in [0.1, 0.15) is 0 Å². The van der Waals surface area contributed by atoms with Gasteiger partial charge in [0.1, 0.15) is 0 Å². The van der Waals surface area contributed by atoms with Crippen molar-refractivity contribution in [1.29, 1.82) is 0 Å². The van der Waals surface area contributed by atoms with E-state index in [9.17, 15) is 0 Å². The maximum absolute atomic E-state index is 2.23. The van der Waals surface area contributed by atoms with Crippen molar-refractivity contribution in [1.82, 2.24) is 0 Å². The molecule has 0 aromatic carbocycles. The molecule has 0 aliphatic carbocycles. The molecule has 0 fully saturated rings. The van der Waals surface area contributed by atoms with Gasteiger partial charge in [-0.3, -0.25) is 0 Å². The Hall–Kier alpha value is 0.340. The van der Waals surface area contributed by atoms with Gasteiger partial charge in [0.15, 0.2) is 0 Å². The molecule has 1 aliphatic rings. The molecule has 1 aliphatic heterocycles. The topological polar surface area (TPSA) is 0 Å². The van der Waals surface area contributed by atoms with Gasteiger partial charge in [0.2, 0.25) is 0 Å². The first-order chi connectivity index (χ1) is 3.00. The largest absolute Gasteiger partial charge is 0.0998 e. The Bertz CT molecular complexity index is 71.5. The minimum atomic E-state index is 1.08. The molecular formula is C4H6P2. The summed E-state index contributed by atoms with van der Waals surface area (Å²) in [4.78, 5) is 0. The summed E-state index contributed by atoms with van der Waals surface area (Å²) in [7, 11) is 2.58. The number of allylic oxidation sites excluding steroid dienone is 1. The van der Waals surface area contributed by atoms with E-state index in [0.29, 0.717) is 0 Å². The molecule has 0 aromatic rings. The van der Waals surface area contributed by atoms with Crippen molar-refractivity contribution in [2.75, 3.05) is 5.90 Å². The highest BCUT2D eigenvalue weighted by atomic mass is 31.1. The Morgan fingerprint density at radius 3 is 2.83 bits per heavy atom. The second kappa shape index (κ2) is 2.50. The van der Waals surface area contributed by atoms with Crippen LogP contribution in [-0.4, -0.2) is 11.7 Å². The first-order valence-corrected chi connectivity index (χ1v) is 4.32. The van der Waals surface area contributed by atoms with E-state index >= 15 is 0 Å². The van der Waals surface area contributed by atoms with Gasteiger partial charge in [-0.1, -0.05) is 28.7 Å². The van der Waals surface area contributed by atoms with Crippen LogP contribution in [0.5, 0.6) is 0 Å². The van der Waals surface area contributed by atoms with E-state index in [1.807, 2.05) is 0 Å². The van der Waals surface area contributed by atoms with Gasteiger partial charge in [0.05, 0.1) is 0 Å². The minimum absolute atomic E-state index is 1.08.